The van der Waals surface area contributed by atoms with Gasteiger partial charge in [-0.05, 0) is 49.1 Å². The van der Waals surface area contributed by atoms with Crippen LogP contribution in [-0.4, -0.2) is 19.9 Å². The highest BCUT2D eigenvalue weighted by Crippen LogP contribution is 2.34. The summed E-state index contributed by atoms with van der Waals surface area (Å²) in [7, 11) is 0. The molecule has 1 aliphatic heterocycles. The normalized spacial score (nSPS) is 14.6. The summed E-state index contributed by atoms with van der Waals surface area (Å²) in [5, 5.41) is 4.43. The van der Waals surface area contributed by atoms with E-state index in [-0.39, 0.29) is 10.9 Å². The third-order valence-electron chi connectivity index (χ3n) is 6.98. The zero-order chi connectivity index (χ0) is 25.1. The fraction of sp³-hybridized carbons (Fsp3) is 0.143. The van der Waals surface area contributed by atoms with Gasteiger partial charge in [-0.15, -0.1) is 11.3 Å². The summed E-state index contributed by atoms with van der Waals surface area (Å²) < 4.78 is 28.7. The Kier molecular flexibility index (Phi) is 5.00. The molecule has 9 heteroatoms. The molecule has 1 saturated carbocycles. The summed E-state index contributed by atoms with van der Waals surface area (Å²) >= 11 is 1.06. The number of nitrogens with one attached hydrogen (secondary N) is 2. The molecule has 5 aromatic rings. The predicted molar refractivity (Wildman–Crippen MR) is 140 cm³/mol. The van der Waals surface area contributed by atoms with E-state index in [1.54, 1.807) is 30.7 Å². The number of hydrogen-bond acceptors (Lipinski definition) is 6. The van der Waals surface area contributed by atoms with Crippen LogP contribution in [0.25, 0.3) is 38.4 Å². The molecule has 0 radical (unpaired) electrons. The molecule has 1 fully saturated rings. The number of allylic oxidation sites excluding steroid dienone is 1. The van der Waals surface area contributed by atoms with Crippen molar-refractivity contribution < 1.29 is 8.78 Å². The number of thiophene rings is 1. The van der Waals surface area contributed by atoms with Gasteiger partial charge in [-0.3, -0.25) is 4.98 Å². The summed E-state index contributed by atoms with van der Waals surface area (Å²) in [6.45, 7) is 4.15. The van der Waals surface area contributed by atoms with Crippen LogP contribution in [0.1, 0.15) is 25.1 Å². The largest absolute Gasteiger partial charge is 0.358 e. The maximum Gasteiger partial charge on any atom is 0.178 e. The molecular formula is C28H20F2N6S. The first kappa shape index (κ1) is 22.0. The number of pyridine rings is 2. The van der Waals surface area contributed by atoms with E-state index in [4.69, 9.17) is 0 Å². The van der Waals surface area contributed by atoms with Crippen molar-refractivity contribution in [2.24, 2.45) is 10.9 Å². The highest BCUT2D eigenvalue weighted by atomic mass is 32.1. The third-order valence-corrected chi connectivity index (χ3v) is 7.89. The number of benzene rings is 1. The lowest BCUT2D eigenvalue weighted by Gasteiger charge is -2.28. The minimum Gasteiger partial charge on any atom is -0.358 e. The summed E-state index contributed by atoms with van der Waals surface area (Å²) in [5.74, 6) is 0.641. The number of fused-ring (bicyclic) bond motifs is 2. The van der Waals surface area contributed by atoms with Crippen LogP contribution in [-0.2, 0) is 0 Å². The Morgan fingerprint density at radius 3 is 2.76 bits per heavy atom. The van der Waals surface area contributed by atoms with Crippen LogP contribution in [0.2, 0.25) is 0 Å². The van der Waals surface area contributed by atoms with Crippen molar-refractivity contribution in [3.8, 4) is 21.6 Å². The van der Waals surface area contributed by atoms with E-state index in [1.807, 2.05) is 12.1 Å². The van der Waals surface area contributed by atoms with Crippen LogP contribution in [0.3, 0.4) is 0 Å². The maximum absolute atomic E-state index is 15.1. The molecule has 0 saturated heterocycles. The van der Waals surface area contributed by atoms with Crippen LogP contribution in [0.15, 0.2) is 72.3 Å². The second-order valence-electron chi connectivity index (χ2n) is 9.30. The summed E-state index contributed by atoms with van der Waals surface area (Å²) in [6.07, 6.45) is 8.53. The predicted octanol–water partition coefficient (Wildman–Crippen LogP) is 5.54. The van der Waals surface area contributed by atoms with Crippen LogP contribution in [0.5, 0.6) is 0 Å². The fourth-order valence-corrected chi connectivity index (χ4v) is 5.52. The van der Waals surface area contributed by atoms with E-state index >= 15 is 4.39 Å². The lowest BCUT2D eigenvalue weighted by Crippen LogP contribution is -2.36. The van der Waals surface area contributed by atoms with Crippen LogP contribution in [0.4, 0.5) is 14.5 Å². The maximum atomic E-state index is 15.1. The molecule has 0 spiro atoms. The Morgan fingerprint density at radius 2 is 1.97 bits per heavy atom. The van der Waals surface area contributed by atoms with Gasteiger partial charge in [-0.25, -0.2) is 19.4 Å². The number of hydrogen-bond donors (Lipinski definition) is 2. The highest BCUT2D eigenvalue weighted by Gasteiger charge is 2.22. The molecule has 2 N–H and O–H groups in total. The topological polar surface area (TPSA) is 78.8 Å². The van der Waals surface area contributed by atoms with Gasteiger partial charge in [0.15, 0.2) is 16.6 Å². The Bertz CT molecular complexity index is 1850. The molecule has 5 heterocycles. The van der Waals surface area contributed by atoms with Gasteiger partial charge in [0.25, 0.3) is 0 Å². The van der Waals surface area contributed by atoms with Gasteiger partial charge in [0.2, 0.25) is 0 Å². The molecule has 0 atom stereocenters. The van der Waals surface area contributed by atoms with Gasteiger partial charge in [-0.2, -0.15) is 4.39 Å². The van der Waals surface area contributed by atoms with Gasteiger partial charge in [-0.1, -0.05) is 13.0 Å². The molecule has 1 aromatic carbocycles. The lowest BCUT2D eigenvalue weighted by molar-refractivity contribution is 0.371. The van der Waals surface area contributed by atoms with Gasteiger partial charge >= 0.3 is 0 Å². The SMILES string of the molecule is C=C(Nc1cncc(-c2cc3c(cc2F)=NC=3c2nc3nccc(-c4ccc(F)s4)c3[nH]2)c1)C1CCC1. The average Bonchev–Trinajstić information content (AvgIpc) is 3.46. The minimum absolute atomic E-state index is 0.257. The Balaban J connectivity index is 1.27. The molecule has 0 bridgehead atoms. The van der Waals surface area contributed by atoms with Crippen molar-refractivity contribution in [1.29, 1.82) is 0 Å². The summed E-state index contributed by atoms with van der Waals surface area (Å²) in [4.78, 5) is 21.9. The smallest absolute Gasteiger partial charge is 0.178 e. The molecular weight excluding hydrogens is 490 g/mol. The van der Waals surface area contributed by atoms with Crippen LogP contribution < -0.4 is 15.9 Å². The zero-order valence-electron chi connectivity index (χ0n) is 19.6. The zero-order valence-corrected chi connectivity index (χ0v) is 20.4. The van der Waals surface area contributed by atoms with E-state index in [0.717, 1.165) is 51.2 Å². The first-order chi connectivity index (χ1) is 18.0. The van der Waals surface area contributed by atoms with Gasteiger partial charge in [0.05, 0.1) is 22.8 Å². The van der Waals surface area contributed by atoms with Crippen molar-refractivity contribution in [1.82, 2.24) is 19.9 Å². The van der Waals surface area contributed by atoms with Crippen molar-refractivity contribution in [2.45, 2.75) is 19.3 Å². The van der Waals surface area contributed by atoms with E-state index in [9.17, 15) is 4.39 Å². The third kappa shape index (κ3) is 3.74. The Hall–Kier alpha value is -4.24. The van der Waals surface area contributed by atoms with Crippen molar-refractivity contribution in [3.63, 3.8) is 0 Å². The van der Waals surface area contributed by atoms with Gasteiger partial charge in [0, 0.05) is 50.9 Å². The van der Waals surface area contributed by atoms with Gasteiger partial charge < -0.3 is 10.3 Å². The average molecular weight is 511 g/mol. The minimum atomic E-state index is -0.369. The number of H-pyrrole nitrogens is 1. The number of anilines is 1. The van der Waals surface area contributed by atoms with Crippen LogP contribution >= 0.6 is 11.3 Å². The second kappa shape index (κ2) is 8.41. The summed E-state index contributed by atoms with van der Waals surface area (Å²) in [6, 6.07) is 10.1. The first-order valence-corrected chi connectivity index (χ1v) is 12.8. The standard InChI is InChI=1S/C28H20F2N6S/c1-14(15-3-2-4-15)33-17-9-16(12-31-13-17)19-10-20-22(11-21(19)29)34-26(20)28-35-25-18(7-8-32-27(25)36-28)23-5-6-24(30)37-23/h5-13,15,33H,1-4H2,(H,32,35,36). The van der Waals surface area contributed by atoms with E-state index in [0.29, 0.717) is 45.1 Å². The first-order valence-electron chi connectivity index (χ1n) is 12.0. The molecule has 1 aliphatic carbocycles. The molecule has 0 unspecified atom stereocenters. The van der Waals surface area contributed by atoms with Crippen molar-refractivity contribution >= 4 is 33.9 Å². The Morgan fingerprint density at radius 1 is 1.08 bits per heavy atom. The Labute approximate surface area is 214 Å². The molecule has 37 heavy (non-hydrogen) atoms. The van der Waals surface area contributed by atoms with Gasteiger partial charge in [0.1, 0.15) is 11.5 Å². The molecule has 2 aliphatic rings. The molecule has 0 amide bonds. The van der Waals surface area contributed by atoms with E-state index < -0.39 is 0 Å². The number of aromatic nitrogens is 4. The van der Waals surface area contributed by atoms with E-state index in [2.05, 4.69) is 36.8 Å². The lowest BCUT2D eigenvalue weighted by atomic mass is 9.83. The molecule has 7 rings (SSSR count). The second-order valence-corrected chi connectivity index (χ2v) is 10.3. The number of nitrogens with zero attached hydrogens (tertiary/aromatic N) is 4. The quantitative estimate of drug-likeness (QED) is 0.314. The molecule has 4 aromatic heterocycles. The van der Waals surface area contributed by atoms with E-state index in [1.165, 1.54) is 18.6 Å². The van der Waals surface area contributed by atoms with Crippen molar-refractivity contribution in [2.75, 3.05) is 5.32 Å². The fourth-order valence-electron chi connectivity index (χ4n) is 4.76. The number of imidazole rings is 1. The molecule has 6 nitrogen and oxygen atoms in total. The van der Waals surface area contributed by atoms with Crippen molar-refractivity contribution in [3.05, 3.63) is 94.6 Å². The number of rotatable bonds is 6. The highest BCUT2D eigenvalue weighted by molar-refractivity contribution is 7.14. The number of halogens is 2. The molecule has 182 valence electrons. The monoisotopic (exact) mass is 510 g/mol. The summed E-state index contributed by atoms with van der Waals surface area (Å²) in [5.41, 5.74) is 5.50. The van der Waals surface area contributed by atoms with Crippen LogP contribution in [0, 0.1) is 16.9 Å². The number of aromatic amines is 1.